The van der Waals surface area contributed by atoms with Crippen LogP contribution in [0.5, 0.6) is 0 Å². The minimum atomic E-state index is -0.249. The molecule has 1 heterocycles. The van der Waals surface area contributed by atoms with E-state index in [9.17, 15) is 4.79 Å². The number of anilines is 1. The highest BCUT2D eigenvalue weighted by Gasteiger charge is 2.36. The van der Waals surface area contributed by atoms with Gasteiger partial charge in [-0.15, -0.1) is 0 Å². The summed E-state index contributed by atoms with van der Waals surface area (Å²) in [5.41, 5.74) is 8.07. The molecule has 1 aliphatic rings. The van der Waals surface area contributed by atoms with Gasteiger partial charge < -0.3 is 15.5 Å². The molecule has 0 spiro atoms. The highest BCUT2D eigenvalue weighted by Crippen LogP contribution is 2.25. The molecular formula is C14H21N3O. The smallest absolute Gasteiger partial charge is 0.246 e. The first kappa shape index (κ1) is 12.9. The Morgan fingerprint density at radius 1 is 1.44 bits per heavy atom. The summed E-state index contributed by atoms with van der Waals surface area (Å²) in [4.78, 5) is 16.1. The highest BCUT2D eigenvalue weighted by atomic mass is 16.2. The van der Waals surface area contributed by atoms with Crippen molar-refractivity contribution in [1.82, 2.24) is 4.90 Å². The molecule has 98 valence electrons. The van der Waals surface area contributed by atoms with Crippen molar-refractivity contribution in [2.75, 3.05) is 25.0 Å². The van der Waals surface area contributed by atoms with Gasteiger partial charge in [0.1, 0.15) is 6.04 Å². The average molecular weight is 247 g/mol. The normalized spacial score (nSPS) is 24.6. The van der Waals surface area contributed by atoms with Crippen LogP contribution in [0, 0.1) is 6.92 Å². The Kier molecular flexibility index (Phi) is 3.57. The third kappa shape index (κ3) is 2.20. The van der Waals surface area contributed by atoms with Crippen molar-refractivity contribution in [1.29, 1.82) is 0 Å². The minimum Gasteiger partial charge on any atom is -0.354 e. The van der Waals surface area contributed by atoms with Crippen LogP contribution in [0.1, 0.15) is 12.5 Å². The van der Waals surface area contributed by atoms with E-state index in [0.29, 0.717) is 6.54 Å². The van der Waals surface area contributed by atoms with E-state index >= 15 is 0 Å². The standard InChI is InChI=1S/C14H21N3O/c1-10-5-4-6-12(7-10)17-11(2)9-16(3)14(18)13(17)8-15/h4-7,11,13H,8-9,15H2,1-3H3. The fourth-order valence-corrected chi connectivity index (χ4v) is 2.69. The molecule has 4 heteroatoms. The van der Waals surface area contributed by atoms with Crippen LogP contribution in [0.25, 0.3) is 0 Å². The van der Waals surface area contributed by atoms with Gasteiger partial charge in [0.15, 0.2) is 0 Å². The molecule has 0 saturated carbocycles. The van der Waals surface area contributed by atoms with Gasteiger partial charge in [-0.2, -0.15) is 0 Å². The Balaban J connectivity index is 2.37. The maximum atomic E-state index is 12.2. The van der Waals surface area contributed by atoms with Crippen LogP contribution in [0.3, 0.4) is 0 Å². The molecule has 0 radical (unpaired) electrons. The molecule has 4 nitrogen and oxygen atoms in total. The molecule has 1 saturated heterocycles. The molecule has 2 rings (SSSR count). The molecule has 2 unspecified atom stereocenters. The zero-order chi connectivity index (χ0) is 13.3. The Labute approximate surface area is 108 Å². The number of carbonyl (C=O) groups excluding carboxylic acids is 1. The average Bonchev–Trinajstić information content (AvgIpc) is 2.33. The SMILES string of the molecule is Cc1cccc(N2C(C)CN(C)C(=O)C2CN)c1. The second kappa shape index (κ2) is 4.98. The highest BCUT2D eigenvalue weighted by molar-refractivity contribution is 5.87. The van der Waals surface area contributed by atoms with Crippen molar-refractivity contribution in [3.63, 3.8) is 0 Å². The number of piperazine rings is 1. The van der Waals surface area contributed by atoms with E-state index in [0.717, 1.165) is 12.2 Å². The summed E-state index contributed by atoms with van der Waals surface area (Å²) >= 11 is 0. The number of hydrogen-bond donors (Lipinski definition) is 1. The zero-order valence-corrected chi connectivity index (χ0v) is 11.3. The van der Waals surface area contributed by atoms with Crippen molar-refractivity contribution >= 4 is 11.6 Å². The lowest BCUT2D eigenvalue weighted by Crippen LogP contribution is -2.62. The van der Waals surface area contributed by atoms with Crippen LogP contribution in [-0.4, -0.2) is 43.0 Å². The summed E-state index contributed by atoms with van der Waals surface area (Å²) in [5, 5.41) is 0. The monoisotopic (exact) mass is 247 g/mol. The van der Waals surface area contributed by atoms with Crippen molar-refractivity contribution in [2.45, 2.75) is 25.9 Å². The number of likely N-dealkylation sites (N-methyl/N-ethyl adjacent to an activating group) is 1. The maximum Gasteiger partial charge on any atom is 0.246 e. The van der Waals surface area contributed by atoms with Gasteiger partial charge in [0.2, 0.25) is 5.91 Å². The van der Waals surface area contributed by atoms with E-state index in [4.69, 9.17) is 5.73 Å². The van der Waals surface area contributed by atoms with Crippen LogP contribution in [0.15, 0.2) is 24.3 Å². The molecule has 1 aliphatic heterocycles. The molecule has 0 aromatic heterocycles. The number of nitrogens with two attached hydrogens (primary N) is 1. The first-order valence-corrected chi connectivity index (χ1v) is 6.34. The van der Waals surface area contributed by atoms with Crippen molar-refractivity contribution in [2.24, 2.45) is 5.73 Å². The Morgan fingerprint density at radius 3 is 2.78 bits per heavy atom. The first-order valence-electron chi connectivity index (χ1n) is 6.34. The van der Waals surface area contributed by atoms with Gasteiger partial charge in [-0.05, 0) is 31.5 Å². The molecule has 1 amide bonds. The fourth-order valence-electron chi connectivity index (χ4n) is 2.69. The number of benzene rings is 1. The second-order valence-corrected chi connectivity index (χ2v) is 5.07. The lowest BCUT2D eigenvalue weighted by atomic mass is 10.0. The van der Waals surface area contributed by atoms with Gasteiger partial charge in [0.05, 0.1) is 0 Å². The van der Waals surface area contributed by atoms with Crippen LogP contribution in [0.2, 0.25) is 0 Å². The van der Waals surface area contributed by atoms with Gasteiger partial charge in [-0.25, -0.2) is 0 Å². The van der Waals surface area contributed by atoms with E-state index in [1.54, 1.807) is 4.90 Å². The lowest BCUT2D eigenvalue weighted by Gasteiger charge is -2.44. The number of hydrogen-bond acceptors (Lipinski definition) is 3. The maximum absolute atomic E-state index is 12.2. The summed E-state index contributed by atoms with van der Waals surface area (Å²) in [6.45, 7) is 5.28. The van der Waals surface area contributed by atoms with Crippen molar-refractivity contribution in [3.05, 3.63) is 29.8 Å². The number of rotatable bonds is 2. The summed E-state index contributed by atoms with van der Waals surface area (Å²) in [6.07, 6.45) is 0. The van der Waals surface area contributed by atoms with Gasteiger partial charge >= 0.3 is 0 Å². The Bertz CT molecular complexity index is 446. The predicted molar refractivity (Wildman–Crippen MR) is 73.6 cm³/mol. The third-order valence-corrected chi connectivity index (χ3v) is 3.53. The molecular weight excluding hydrogens is 226 g/mol. The van der Waals surface area contributed by atoms with E-state index in [1.807, 2.05) is 19.2 Å². The topological polar surface area (TPSA) is 49.6 Å². The molecule has 2 atom stereocenters. The van der Waals surface area contributed by atoms with Crippen LogP contribution >= 0.6 is 0 Å². The minimum absolute atomic E-state index is 0.108. The molecule has 18 heavy (non-hydrogen) atoms. The van der Waals surface area contributed by atoms with Crippen LogP contribution in [0.4, 0.5) is 5.69 Å². The number of amides is 1. The Hall–Kier alpha value is -1.55. The summed E-state index contributed by atoms with van der Waals surface area (Å²) in [7, 11) is 1.84. The molecule has 0 bridgehead atoms. The Morgan fingerprint density at radius 2 is 2.17 bits per heavy atom. The first-order chi connectivity index (χ1) is 8.54. The molecule has 1 aromatic rings. The number of aryl methyl sites for hydroxylation is 1. The van der Waals surface area contributed by atoms with E-state index in [-0.39, 0.29) is 18.0 Å². The van der Waals surface area contributed by atoms with Crippen LogP contribution < -0.4 is 10.6 Å². The molecule has 0 aliphatic carbocycles. The van der Waals surface area contributed by atoms with Crippen LogP contribution in [-0.2, 0) is 4.79 Å². The summed E-state index contributed by atoms with van der Waals surface area (Å²) < 4.78 is 0. The van der Waals surface area contributed by atoms with E-state index < -0.39 is 0 Å². The van der Waals surface area contributed by atoms with Crippen molar-refractivity contribution in [3.8, 4) is 0 Å². The van der Waals surface area contributed by atoms with Gasteiger partial charge in [0, 0.05) is 31.9 Å². The lowest BCUT2D eigenvalue weighted by molar-refractivity contribution is -0.133. The van der Waals surface area contributed by atoms with E-state index in [2.05, 4.69) is 30.9 Å². The van der Waals surface area contributed by atoms with Gasteiger partial charge in [-0.3, -0.25) is 4.79 Å². The molecule has 1 aromatic carbocycles. The third-order valence-electron chi connectivity index (χ3n) is 3.53. The fraction of sp³-hybridized carbons (Fsp3) is 0.500. The predicted octanol–water partition coefficient (Wildman–Crippen LogP) is 0.989. The van der Waals surface area contributed by atoms with Crippen molar-refractivity contribution < 1.29 is 4.79 Å². The quantitative estimate of drug-likeness (QED) is 0.848. The summed E-state index contributed by atoms with van der Waals surface area (Å²) in [6, 6.07) is 8.27. The van der Waals surface area contributed by atoms with Gasteiger partial charge in [0.25, 0.3) is 0 Å². The van der Waals surface area contributed by atoms with E-state index in [1.165, 1.54) is 5.56 Å². The largest absolute Gasteiger partial charge is 0.354 e. The number of carbonyl (C=O) groups is 1. The molecule has 2 N–H and O–H groups in total. The molecule has 1 fully saturated rings. The van der Waals surface area contributed by atoms with Gasteiger partial charge in [-0.1, -0.05) is 12.1 Å². The summed E-state index contributed by atoms with van der Waals surface area (Å²) in [5.74, 6) is 0.108. The number of nitrogens with zero attached hydrogens (tertiary/aromatic N) is 2. The second-order valence-electron chi connectivity index (χ2n) is 5.07. The zero-order valence-electron chi connectivity index (χ0n) is 11.3.